The molecule has 2 nitrogen and oxygen atoms in total. The molecule has 0 aromatic rings. The van der Waals surface area contributed by atoms with Crippen molar-refractivity contribution >= 4 is 0 Å². The van der Waals surface area contributed by atoms with E-state index in [0.717, 1.165) is 11.8 Å². The van der Waals surface area contributed by atoms with Crippen molar-refractivity contribution in [2.45, 2.75) is 51.9 Å². The van der Waals surface area contributed by atoms with Crippen LogP contribution in [0.5, 0.6) is 0 Å². The number of nitrogens with one attached hydrogen (secondary N) is 1. The van der Waals surface area contributed by atoms with Gasteiger partial charge < -0.3 is 10.2 Å². The number of nitrogens with zero attached hydrogens (tertiary/aromatic N) is 1. The molecule has 0 saturated carbocycles. The highest BCUT2D eigenvalue weighted by Gasteiger charge is 2.27. The van der Waals surface area contributed by atoms with Gasteiger partial charge in [0.1, 0.15) is 0 Å². The van der Waals surface area contributed by atoms with E-state index in [9.17, 15) is 0 Å². The van der Waals surface area contributed by atoms with Crippen LogP contribution >= 0.6 is 0 Å². The Labute approximate surface area is 107 Å². The van der Waals surface area contributed by atoms with Crippen molar-refractivity contribution < 1.29 is 0 Å². The molecule has 0 aliphatic carbocycles. The molecule has 0 unspecified atom stereocenters. The summed E-state index contributed by atoms with van der Waals surface area (Å²) < 4.78 is 0. The third-order valence-electron chi connectivity index (χ3n) is 4.76. The Kier molecular flexibility index (Phi) is 5.79. The van der Waals surface area contributed by atoms with Crippen LogP contribution in [0.3, 0.4) is 0 Å². The second-order valence-electron chi connectivity index (χ2n) is 5.97. The smallest absolute Gasteiger partial charge is 0.00160 e. The van der Waals surface area contributed by atoms with Gasteiger partial charge in [0, 0.05) is 0 Å². The fourth-order valence-electron chi connectivity index (χ4n) is 3.55. The summed E-state index contributed by atoms with van der Waals surface area (Å²) in [6, 6.07) is 0. The van der Waals surface area contributed by atoms with Crippen molar-refractivity contribution in [3.63, 3.8) is 0 Å². The zero-order valence-corrected chi connectivity index (χ0v) is 11.6. The van der Waals surface area contributed by atoms with Gasteiger partial charge in [0.05, 0.1) is 0 Å². The Hall–Kier alpha value is -0.0800. The van der Waals surface area contributed by atoms with Crippen molar-refractivity contribution in [3.8, 4) is 0 Å². The maximum atomic E-state index is 3.49. The molecule has 100 valence electrons. The predicted octanol–water partition coefficient (Wildman–Crippen LogP) is 2.89. The molecule has 0 amide bonds. The van der Waals surface area contributed by atoms with E-state index in [2.05, 4.69) is 17.1 Å². The highest BCUT2D eigenvalue weighted by Crippen LogP contribution is 2.30. The van der Waals surface area contributed by atoms with Crippen LogP contribution in [0.2, 0.25) is 0 Å². The van der Waals surface area contributed by atoms with Crippen LogP contribution in [0.15, 0.2) is 0 Å². The zero-order chi connectivity index (χ0) is 11.9. The van der Waals surface area contributed by atoms with Crippen LogP contribution in [-0.4, -0.2) is 37.6 Å². The first-order valence-electron chi connectivity index (χ1n) is 7.83. The number of likely N-dealkylation sites (tertiary alicyclic amines) is 1. The quantitative estimate of drug-likeness (QED) is 0.741. The molecule has 2 saturated heterocycles. The lowest BCUT2D eigenvalue weighted by Crippen LogP contribution is -2.39. The van der Waals surface area contributed by atoms with E-state index < -0.39 is 0 Å². The minimum Gasteiger partial charge on any atom is -0.317 e. The van der Waals surface area contributed by atoms with E-state index in [-0.39, 0.29) is 0 Å². The molecule has 0 aromatic carbocycles. The largest absolute Gasteiger partial charge is 0.317 e. The highest BCUT2D eigenvalue weighted by molar-refractivity contribution is 4.80. The van der Waals surface area contributed by atoms with E-state index >= 15 is 0 Å². The van der Waals surface area contributed by atoms with Gasteiger partial charge in [-0.3, -0.25) is 0 Å². The average Bonchev–Trinajstić information content (AvgIpc) is 2.41. The second-order valence-corrected chi connectivity index (χ2v) is 5.97. The normalized spacial score (nSPS) is 25.2. The molecule has 0 radical (unpaired) electrons. The summed E-state index contributed by atoms with van der Waals surface area (Å²) in [7, 11) is 0. The molecule has 2 rings (SSSR count). The minimum atomic E-state index is 1.04. The Morgan fingerprint density at radius 2 is 1.59 bits per heavy atom. The van der Waals surface area contributed by atoms with Crippen molar-refractivity contribution in [1.29, 1.82) is 0 Å². The van der Waals surface area contributed by atoms with Gasteiger partial charge in [-0.05, 0) is 76.7 Å². The Morgan fingerprint density at radius 1 is 0.941 bits per heavy atom. The molecule has 2 aliphatic rings. The number of rotatable bonds is 5. The maximum Gasteiger partial charge on any atom is -0.00160 e. The SMILES string of the molecule is CCCCCN1CCC(C2CCNCC2)CC1. The molecule has 2 heterocycles. The predicted molar refractivity (Wildman–Crippen MR) is 74.3 cm³/mol. The summed E-state index contributed by atoms with van der Waals surface area (Å²) in [5.74, 6) is 2.08. The topological polar surface area (TPSA) is 15.3 Å². The maximum absolute atomic E-state index is 3.49. The lowest BCUT2D eigenvalue weighted by Gasteiger charge is -2.37. The molecular formula is C15H30N2. The summed E-state index contributed by atoms with van der Waals surface area (Å²) in [5, 5.41) is 3.49. The molecular weight excluding hydrogens is 208 g/mol. The monoisotopic (exact) mass is 238 g/mol. The van der Waals surface area contributed by atoms with Crippen LogP contribution in [0, 0.1) is 11.8 Å². The van der Waals surface area contributed by atoms with Gasteiger partial charge in [-0.2, -0.15) is 0 Å². The minimum absolute atomic E-state index is 1.04. The molecule has 2 fully saturated rings. The highest BCUT2D eigenvalue weighted by atomic mass is 15.1. The summed E-state index contributed by atoms with van der Waals surface area (Å²) in [6.07, 6.45) is 9.98. The van der Waals surface area contributed by atoms with E-state index in [1.807, 2.05) is 0 Å². The fourth-order valence-corrected chi connectivity index (χ4v) is 3.55. The van der Waals surface area contributed by atoms with Crippen LogP contribution in [0.1, 0.15) is 51.9 Å². The summed E-state index contributed by atoms with van der Waals surface area (Å²) in [5.41, 5.74) is 0. The number of piperidine rings is 2. The van der Waals surface area contributed by atoms with Crippen LogP contribution in [0.25, 0.3) is 0 Å². The first kappa shape index (κ1) is 13.4. The molecule has 0 spiro atoms. The van der Waals surface area contributed by atoms with E-state index in [1.165, 1.54) is 77.7 Å². The lowest BCUT2D eigenvalue weighted by atomic mass is 9.79. The summed E-state index contributed by atoms with van der Waals surface area (Å²) in [6.45, 7) is 8.93. The van der Waals surface area contributed by atoms with Gasteiger partial charge in [-0.15, -0.1) is 0 Å². The number of hydrogen-bond acceptors (Lipinski definition) is 2. The third-order valence-corrected chi connectivity index (χ3v) is 4.76. The average molecular weight is 238 g/mol. The van der Waals surface area contributed by atoms with Gasteiger partial charge in [0.25, 0.3) is 0 Å². The van der Waals surface area contributed by atoms with Gasteiger partial charge >= 0.3 is 0 Å². The van der Waals surface area contributed by atoms with Gasteiger partial charge in [-0.25, -0.2) is 0 Å². The van der Waals surface area contributed by atoms with Crippen LogP contribution < -0.4 is 5.32 Å². The fraction of sp³-hybridized carbons (Fsp3) is 1.00. The Bertz CT molecular complexity index is 191. The second kappa shape index (κ2) is 7.38. The van der Waals surface area contributed by atoms with Crippen LogP contribution in [0.4, 0.5) is 0 Å². The standard InChI is InChI=1S/C15H30N2/c1-2-3-4-11-17-12-7-15(8-13-17)14-5-9-16-10-6-14/h14-16H,2-13H2,1H3. The molecule has 0 aromatic heterocycles. The van der Waals surface area contributed by atoms with E-state index in [0.29, 0.717) is 0 Å². The van der Waals surface area contributed by atoms with E-state index in [4.69, 9.17) is 0 Å². The lowest BCUT2D eigenvalue weighted by molar-refractivity contribution is 0.129. The summed E-state index contributed by atoms with van der Waals surface area (Å²) in [4.78, 5) is 2.70. The van der Waals surface area contributed by atoms with Crippen molar-refractivity contribution in [3.05, 3.63) is 0 Å². The van der Waals surface area contributed by atoms with Gasteiger partial charge in [0.15, 0.2) is 0 Å². The molecule has 2 aliphatic heterocycles. The molecule has 1 N–H and O–H groups in total. The van der Waals surface area contributed by atoms with Gasteiger partial charge in [-0.1, -0.05) is 19.8 Å². The summed E-state index contributed by atoms with van der Waals surface area (Å²) >= 11 is 0. The molecule has 0 bridgehead atoms. The van der Waals surface area contributed by atoms with Crippen molar-refractivity contribution in [2.24, 2.45) is 11.8 Å². The van der Waals surface area contributed by atoms with Crippen molar-refractivity contribution in [2.75, 3.05) is 32.7 Å². The zero-order valence-electron chi connectivity index (χ0n) is 11.6. The Morgan fingerprint density at radius 3 is 2.24 bits per heavy atom. The number of hydrogen-bond donors (Lipinski definition) is 1. The van der Waals surface area contributed by atoms with Crippen LogP contribution in [-0.2, 0) is 0 Å². The van der Waals surface area contributed by atoms with Crippen molar-refractivity contribution in [1.82, 2.24) is 10.2 Å². The molecule has 17 heavy (non-hydrogen) atoms. The molecule has 0 atom stereocenters. The first-order chi connectivity index (χ1) is 8.40. The first-order valence-corrected chi connectivity index (χ1v) is 7.83. The third kappa shape index (κ3) is 4.26. The molecule has 2 heteroatoms. The van der Waals surface area contributed by atoms with E-state index in [1.54, 1.807) is 0 Å². The van der Waals surface area contributed by atoms with Gasteiger partial charge in [0.2, 0.25) is 0 Å². The Balaban J connectivity index is 1.63. The number of unbranched alkanes of at least 4 members (excludes halogenated alkanes) is 2.